The van der Waals surface area contributed by atoms with Crippen LogP contribution >= 0.6 is 0 Å². The van der Waals surface area contributed by atoms with Gasteiger partial charge in [-0.1, -0.05) is 0 Å². The van der Waals surface area contributed by atoms with Crippen molar-refractivity contribution < 1.29 is 5.11 Å². The van der Waals surface area contributed by atoms with Crippen LogP contribution < -0.4 is 5.32 Å². The Balaban J connectivity index is 1.80. The third kappa shape index (κ3) is 3.16. The summed E-state index contributed by atoms with van der Waals surface area (Å²) in [6, 6.07) is 0. The Kier molecular flexibility index (Phi) is 4.00. The van der Waals surface area contributed by atoms with Gasteiger partial charge in [0.2, 0.25) is 0 Å². The molecule has 2 rings (SSSR count). The normalized spacial score (nSPS) is 39.2. The molecule has 0 saturated carbocycles. The summed E-state index contributed by atoms with van der Waals surface area (Å²) < 4.78 is 0. The number of hydrogen-bond donors (Lipinski definition) is 2. The number of nitrogens with zero attached hydrogens (tertiary/aromatic N) is 1. The van der Waals surface area contributed by atoms with Crippen molar-refractivity contribution in [2.24, 2.45) is 11.8 Å². The molecule has 0 aliphatic carbocycles. The highest BCUT2D eigenvalue weighted by molar-refractivity contribution is 4.82. The van der Waals surface area contributed by atoms with Gasteiger partial charge in [0, 0.05) is 13.1 Å². The molecule has 0 aromatic carbocycles. The highest BCUT2D eigenvalue weighted by Crippen LogP contribution is 2.26. The topological polar surface area (TPSA) is 35.5 Å². The quantitative estimate of drug-likeness (QED) is 0.707. The van der Waals surface area contributed by atoms with E-state index >= 15 is 0 Å². The molecule has 2 fully saturated rings. The fourth-order valence-corrected chi connectivity index (χ4v) is 2.99. The van der Waals surface area contributed by atoms with Gasteiger partial charge in [-0.3, -0.25) is 0 Å². The molecule has 0 radical (unpaired) electrons. The lowest BCUT2D eigenvalue weighted by atomic mass is 9.83. The third-order valence-electron chi connectivity index (χ3n) is 3.93. The maximum absolute atomic E-state index is 9.97. The summed E-state index contributed by atoms with van der Waals surface area (Å²) in [5, 5.41) is 13.4. The zero-order valence-corrected chi connectivity index (χ0v) is 9.78. The summed E-state index contributed by atoms with van der Waals surface area (Å²) in [4.78, 5) is 2.35. The molecule has 0 amide bonds. The van der Waals surface area contributed by atoms with E-state index in [0.29, 0.717) is 5.92 Å². The van der Waals surface area contributed by atoms with Gasteiger partial charge in [0.05, 0.1) is 6.10 Å². The Labute approximate surface area is 92.8 Å². The number of likely N-dealkylation sites (tertiary alicyclic amines) is 1. The molecular weight excluding hydrogens is 188 g/mol. The van der Waals surface area contributed by atoms with E-state index < -0.39 is 0 Å². The number of aliphatic hydroxyl groups is 1. The summed E-state index contributed by atoms with van der Waals surface area (Å²) >= 11 is 0. The summed E-state index contributed by atoms with van der Waals surface area (Å²) in [5.41, 5.74) is 0. The average Bonchev–Trinajstić information content (AvgIpc) is 2.25. The standard InChI is InChI=1S/C12H24N2O/c1-14-6-4-12(15)11(9-14)7-10-3-2-5-13-8-10/h10-13,15H,2-9H2,1H3. The van der Waals surface area contributed by atoms with Crippen LogP contribution in [0.25, 0.3) is 0 Å². The summed E-state index contributed by atoms with van der Waals surface area (Å²) in [7, 11) is 2.16. The predicted molar refractivity (Wildman–Crippen MR) is 61.8 cm³/mol. The second-order valence-corrected chi connectivity index (χ2v) is 5.33. The average molecular weight is 212 g/mol. The number of aliphatic hydroxyl groups excluding tert-OH is 1. The van der Waals surface area contributed by atoms with Crippen molar-refractivity contribution in [3.8, 4) is 0 Å². The fourth-order valence-electron chi connectivity index (χ4n) is 2.99. The van der Waals surface area contributed by atoms with Gasteiger partial charge in [0.25, 0.3) is 0 Å². The largest absolute Gasteiger partial charge is 0.393 e. The van der Waals surface area contributed by atoms with Gasteiger partial charge in [-0.25, -0.2) is 0 Å². The van der Waals surface area contributed by atoms with Gasteiger partial charge in [-0.2, -0.15) is 0 Å². The van der Waals surface area contributed by atoms with Crippen LogP contribution in [0.5, 0.6) is 0 Å². The monoisotopic (exact) mass is 212 g/mol. The third-order valence-corrected chi connectivity index (χ3v) is 3.93. The lowest BCUT2D eigenvalue weighted by Gasteiger charge is -2.36. The van der Waals surface area contributed by atoms with E-state index in [-0.39, 0.29) is 6.10 Å². The first-order chi connectivity index (χ1) is 7.25. The van der Waals surface area contributed by atoms with Gasteiger partial charge >= 0.3 is 0 Å². The van der Waals surface area contributed by atoms with Crippen molar-refractivity contribution in [3.05, 3.63) is 0 Å². The van der Waals surface area contributed by atoms with Gasteiger partial charge < -0.3 is 15.3 Å². The minimum atomic E-state index is -0.0527. The van der Waals surface area contributed by atoms with Crippen LogP contribution in [-0.4, -0.2) is 49.3 Å². The lowest BCUT2D eigenvalue weighted by Crippen LogP contribution is -2.43. The number of rotatable bonds is 2. The SMILES string of the molecule is CN1CCC(O)C(CC2CCCNC2)C1. The first-order valence-corrected chi connectivity index (χ1v) is 6.33. The molecule has 0 aromatic rings. The predicted octanol–water partition coefficient (Wildman–Crippen LogP) is 0.689. The van der Waals surface area contributed by atoms with Crippen molar-refractivity contribution >= 4 is 0 Å². The van der Waals surface area contributed by atoms with Crippen molar-refractivity contribution in [2.45, 2.75) is 31.8 Å². The lowest BCUT2D eigenvalue weighted by molar-refractivity contribution is 0.0228. The van der Waals surface area contributed by atoms with E-state index in [1.165, 1.54) is 25.8 Å². The van der Waals surface area contributed by atoms with Crippen LogP contribution in [-0.2, 0) is 0 Å². The number of nitrogens with one attached hydrogen (secondary N) is 1. The molecule has 15 heavy (non-hydrogen) atoms. The van der Waals surface area contributed by atoms with E-state index in [1.807, 2.05) is 0 Å². The van der Waals surface area contributed by atoms with Crippen LogP contribution in [0.2, 0.25) is 0 Å². The Morgan fingerprint density at radius 3 is 3.00 bits per heavy atom. The van der Waals surface area contributed by atoms with Crippen molar-refractivity contribution in [2.75, 3.05) is 33.2 Å². The zero-order chi connectivity index (χ0) is 10.7. The van der Waals surface area contributed by atoms with Crippen molar-refractivity contribution in [3.63, 3.8) is 0 Å². The van der Waals surface area contributed by atoms with Crippen LogP contribution in [0.3, 0.4) is 0 Å². The Morgan fingerprint density at radius 2 is 2.27 bits per heavy atom. The summed E-state index contributed by atoms with van der Waals surface area (Å²) in [6.07, 6.45) is 4.77. The van der Waals surface area contributed by atoms with E-state index in [0.717, 1.165) is 32.0 Å². The summed E-state index contributed by atoms with van der Waals surface area (Å²) in [5.74, 6) is 1.30. The van der Waals surface area contributed by atoms with E-state index in [1.54, 1.807) is 0 Å². The molecule has 2 aliphatic rings. The molecule has 0 bridgehead atoms. The molecular formula is C12H24N2O. The minimum absolute atomic E-state index is 0.0527. The molecule has 2 saturated heterocycles. The summed E-state index contributed by atoms with van der Waals surface area (Å²) in [6.45, 7) is 4.48. The maximum Gasteiger partial charge on any atom is 0.0592 e. The Hall–Kier alpha value is -0.120. The molecule has 3 atom stereocenters. The van der Waals surface area contributed by atoms with Gasteiger partial charge in [0.15, 0.2) is 0 Å². The molecule has 88 valence electrons. The zero-order valence-electron chi connectivity index (χ0n) is 9.78. The van der Waals surface area contributed by atoms with Gasteiger partial charge in [0.1, 0.15) is 0 Å². The minimum Gasteiger partial charge on any atom is -0.393 e. The second kappa shape index (κ2) is 5.28. The fraction of sp³-hybridized carbons (Fsp3) is 1.00. The molecule has 3 unspecified atom stereocenters. The first-order valence-electron chi connectivity index (χ1n) is 6.33. The van der Waals surface area contributed by atoms with E-state index in [9.17, 15) is 5.11 Å². The van der Waals surface area contributed by atoms with Crippen molar-refractivity contribution in [1.29, 1.82) is 0 Å². The van der Waals surface area contributed by atoms with Gasteiger partial charge in [-0.15, -0.1) is 0 Å². The highest BCUT2D eigenvalue weighted by Gasteiger charge is 2.28. The molecule has 0 spiro atoms. The molecule has 3 heteroatoms. The first kappa shape index (κ1) is 11.4. The Bertz CT molecular complexity index is 192. The second-order valence-electron chi connectivity index (χ2n) is 5.33. The van der Waals surface area contributed by atoms with Crippen LogP contribution in [0.1, 0.15) is 25.7 Å². The molecule has 0 aromatic heterocycles. The van der Waals surface area contributed by atoms with Crippen LogP contribution in [0.15, 0.2) is 0 Å². The molecule has 3 nitrogen and oxygen atoms in total. The molecule has 2 aliphatic heterocycles. The number of hydrogen-bond acceptors (Lipinski definition) is 3. The smallest absolute Gasteiger partial charge is 0.0592 e. The highest BCUT2D eigenvalue weighted by atomic mass is 16.3. The molecule has 2 heterocycles. The van der Waals surface area contributed by atoms with Gasteiger partial charge in [-0.05, 0) is 57.7 Å². The molecule has 2 N–H and O–H groups in total. The number of piperidine rings is 2. The van der Waals surface area contributed by atoms with Crippen molar-refractivity contribution in [1.82, 2.24) is 10.2 Å². The van der Waals surface area contributed by atoms with E-state index in [4.69, 9.17) is 0 Å². The maximum atomic E-state index is 9.97. The van der Waals surface area contributed by atoms with Crippen LogP contribution in [0.4, 0.5) is 0 Å². The Morgan fingerprint density at radius 1 is 1.40 bits per heavy atom. The van der Waals surface area contributed by atoms with Crippen LogP contribution in [0, 0.1) is 11.8 Å². The van der Waals surface area contributed by atoms with E-state index in [2.05, 4.69) is 17.3 Å².